The zero-order valence-corrected chi connectivity index (χ0v) is 15.7. The number of ether oxygens (including phenoxy) is 1. The number of halogens is 3. The largest absolute Gasteiger partial charge is 0.497 e. The standard InChI is InChI=1S/C20H20F3N3O3/c1-29-17-8-2-14(3-9-17)18(27)26-12-10-25(11-13-26)16-6-4-15(5-7-16)24-19(28)20(21,22)23/h2-9H,10-13H2,1H3,(H,24,28). The van der Waals surface area contributed by atoms with E-state index in [1.54, 1.807) is 48.4 Å². The van der Waals surface area contributed by atoms with Gasteiger partial charge >= 0.3 is 12.1 Å². The average Bonchev–Trinajstić information content (AvgIpc) is 2.73. The molecule has 0 bridgehead atoms. The monoisotopic (exact) mass is 407 g/mol. The number of carbonyl (C=O) groups excluding carboxylic acids is 2. The molecule has 1 aliphatic rings. The lowest BCUT2D eigenvalue weighted by Gasteiger charge is -2.36. The molecule has 29 heavy (non-hydrogen) atoms. The van der Waals surface area contributed by atoms with Crippen molar-refractivity contribution in [3.05, 3.63) is 54.1 Å². The Morgan fingerprint density at radius 1 is 0.931 bits per heavy atom. The number of hydrogen-bond acceptors (Lipinski definition) is 4. The summed E-state index contributed by atoms with van der Waals surface area (Å²) in [6, 6.07) is 13.1. The fourth-order valence-electron chi connectivity index (χ4n) is 3.04. The Morgan fingerprint density at radius 2 is 1.52 bits per heavy atom. The van der Waals surface area contributed by atoms with Crippen molar-refractivity contribution in [1.82, 2.24) is 4.90 Å². The summed E-state index contributed by atoms with van der Waals surface area (Å²) in [5.41, 5.74) is 1.47. The summed E-state index contributed by atoms with van der Waals surface area (Å²) in [4.78, 5) is 27.4. The quantitative estimate of drug-likeness (QED) is 0.846. The molecule has 0 unspecified atom stereocenters. The van der Waals surface area contributed by atoms with Gasteiger partial charge in [-0.15, -0.1) is 0 Å². The first-order valence-corrected chi connectivity index (χ1v) is 8.94. The third kappa shape index (κ3) is 4.98. The Kier molecular flexibility index (Phi) is 5.95. The van der Waals surface area contributed by atoms with Gasteiger partial charge in [0.1, 0.15) is 5.75 Å². The predicted molar refractivity (Wildman–Crippen MR) is 102 cm³/mol. The normalized spacial score (nSPS) is 14.5. The number of piperazine rings is 1. The second-order valence-corrected chi connectivity index (χ2v) is 6.51. The lowest BCUT2D eigenvalue weighted by Crippen LogP contribution is -2.48. The van der Waals surface area contributed by atoms with E-state index in [9.17, 15) is 22.8 Å². The van der Waals surface area contributed by atoms with Crippen molar-refractivity contribution in [2.24, 2.45) is 0 Å². The molecule has 2 amide bonds. The molecule has 0 aliphatic carbocycles. The fourth-order valence-corrected chi connectivity index (χ4v) is 3.04. The minimum absolute atomic E-state index is 0.0579. The second kappa shape index (κ2) is 8.42. The summed E-state index contributed by atoms with van der Waals surface area (Å²) in [6.07, 6.45) is -4.93. The molecule has 1 fully saturated rings. The molecular formula is C20H20F3N3O3. The molecule has 0 atom stereocenters. The van der Waals surface area contributed by atoms with Crippen molar-refractivity contribution in [1.29, 1.82) is 0 Å². The molecule has 0 spiro atoms. The van der Waals surface area contributed by atoms with Gasteiger partial charge < -0.3 is 19.9 Å². The van der Waals surface area contributed by atoms with E-state index < -0.39 is 12.1 Å². The summed E-state index contributed by atoms with van der Waals surface area (Å²) in [5.74, 6) is -1.38. The lowest BCUT2D eigenvalue weighted by molar-refractivity contribution is -0.167. The molecule has 0 aromatic heterocycles. The Morgan fingerprint density at radius 3 is 2.03 bits per heavy atom. The van der Waals surface area contributed by atoms with Crippen LogP contribution in [-0.4, -0.2) is 56.2 Å². The maximum absolute atomic E-state index is 12.6. The second-order valence-electron chi connectivity index (χ2n) is 6.51. The van der Waals surface area contributed by atoms with Crippen molar-refractivity contribution in [2.45, 2.75) is 6.18 Å². The Labute approximate surface area is 165 Å². The molecule has 6 nitrogen and oxygen atoms in total. The summed E-state index contributed by atoms with van der Waals surface area (Å²) >= 11 is 0. The number of amides is 2. The number of methoxy groups -OCH3 is 1. The van der Waals surface area contributed by atoms with Crippen molar-refractivity contribution in [3.63, 3.8) is 0 Å². The molecule has 2 aromatic carbocycles. The van der Waals surface area contributed by atoms with Crippen LogP contribution in [-0.2, 0) is 4.79 Å². The molecule has 9 heteroatoms. The van der Waals surface area contributed by atoms with Crippen LogP contribution in [0.5, 0.6) is 5.75 Å². The van der Waals surface area contributed by atoms with Gasteiger partial charge in [0.2, 0.25) is 0 Å². The molecule has 1 heterocycles. The summed E-state index contributed by atoms with van der Waals surface area (Å²) < 4.78 is 42.0. The van der Waals surface area contributed by atoms with Crippen molar-refractivity contribution < 1.29 is 27.5 Å². The number of nitrogens with zero attached hydrogens (tertiary/aromatic N) is 2. The Bertz CT molecular complexity index is 859. The van der Waals surface area contributed by atoms with E-state index in [4.69, 9.17) is 4.74 Å². The lowest BCUT2D eigenvalue weighted by atomic mass is 10.1. The maximum Gasteiger partial charge on any atom is 0.471 e. The predicted octanol–water partition coefficient (Wildman–Crippen LogP) is 3.16. The Balaban J connectivity index is 1.56. The molecule has 3 rings (SSSR count). The van der Waals surface area contributed by atoms with Gasteiger partial charge in [0.05, 0.1) is 7.11 Å². The molecule has 1 saturated heterocycles. The van der Waals surface area contributed by atoms with E-state index in [0.717, 1.165) is 5.69 Å². The van der Waals surface area contributed by atoms with Gasteiger partial charge in [-0.05, 0) is 48.5 Å². The first kappa shape index (κ1) is 20.5. The topological polar surface area (TPSA) is 61.9 Å². The number of benzene rings is 2. The van der Waals surface area contributed by atoms with Crippen LogP contribution in [0, 0.1) is 0 Å². The SMILES string of the molecule is COc1ccc(C(=O)N2CCN(c3ccc(NC(=O)C(F)(F)F)cc3)CC2)cc1. The van der Waals surface area contributed by atoms with Gasteiger partial charge in [0.25, 0.3) is 5.91 Å². The summed E-state index contributed by atoms with van der Waals surface area (Å²) in [5, 5.41) is 1.82. The number of nitrogens with one attached hydrogen (secondary N) is 1. The minimum Gasteiger partial charge on any atom is -0.497 e. The van der Waals surface area contributed by atoms with Crippen LogP contribution < -0.4 is 15.0 Å². The highest BCUT2D eigenvalue weighted by atomic mass is 19.4. The third-order valence-electron chi connectivity index (χ3n) is 4.65. The van der Waals surface area contributed by atoms with Crippen LogP contribution in [0.1, 0.15) is 10.4 Å². The third-order valence-corrected chi connectivity index (χ3v) is 4.65. The zero-order valence-electron chi connectivity index (χ0n) is 15.7. The highest BCUT2D eigenvalue weighted by Gasteiger charge is 2.38. The van der Waals surface area contributed by atoms with E-state index in [0.29, 0.717) is 37.5 Å². The first-order chi connectivity index (χ1) is 13.8. The molecule has 0 radical (unpaired) electrons. The fraction of sp³-hybridized carbons (Fsp3) is 0.300. The molecule has 154 valence electrons. The number of carbonyl (C=O) groups is 2. The van der Waals surface area contributed by atoms with Crippen molar-refractivity contribution in [2.75, 3.05) is 43.5 Å². The van der Waals surface area contributed by atoms with Gasteiger partial charge in [-0.1, -0.05) is 0 Å². The summed E-state index contributed by atoms with van der Waals surface area (Å²) in [6.45, 7) is 2.24. The van der Waals surface area contributed by atoms with E-state index in [1.807, 2.05) is 10.2 Å². The Hall–Kier alpha value is -3.23. The van der Waals surface area contributed by atoms with Gasteiger partial charge in [0, 0.05) is 43.1 Å². The van der Waals surface area contributed by atoms with Crippen molar-refractivity contribution >= 4 is 23.2 Å². The first-order valence-electron chi connectivity index (χ1n) is 8.94. The van der Waals surface area contributed by atoms with Crippen LogP contribution >= 0.6 is 0 Å². The minimum atomic E-state index is -4.93. The number of rotatable bonds is 4. The van der Waals surface area contributed by atoms with Crippen LogP contribution in [0.3, 0.4) is 0 Å². The zero-order chi connectivity index (χ0) is 21.0. The van der Waals surface area contributed by atoms with Crippen molar-refractivity contribution in [3.8, 4) is 5.75 Å². The average molecular weight is 407 g/mol. The van der Waals surface area contributed by atoms with Gasteiger partial charge in [-0.25, -0.2) is 0 Å². The molecular weight excluding hydrogens is 387 g/mol. The molecule has 1 aliphatic heterocycles. The summed E-state index contributed by atoms with van der Waals surface area (Å²) in [7, 11) is 1.56. The highest BCUT2D eigenvalue weighted by Crippen LogP contribution is 2.23. The number of anilines is 2. The molecule has 0 saturated carbocycles. The molecule has 2 aromatic rings. The highest BCUT2D eigenvalue weighted by molar-refractivity contribution is 5.95. The van der Waals surface area contributed by atoms with E-state index in [-0.39, 0.29) is 11.6 Å². The van der Waals surface area contributed by atoms with Gasteiger partial charge in [0.15, 0.2) is 0 Å². The van der Waals surface area contributed by atoms with Gasteiger partial charge in [-0.3, -0.25) is 9.59 Å². The van der Waals surface area contributed by atoms with Crippen LogP contribution in [0.25, 0.3) is 0 Å². The van der Waals surface area contributed by atoms with Gasteiger partial charge in [-0.2, -0.15) is 13.2 Å². The number of alkyl halides is 3. The van der Waals surface area contributed by atoms with E-state index in [2.05, 4.69) is 0 Å². The van der Waals surface area contributed by atoms with Crippen LogP contribution in [0.4, 0.5) is 24.5 Å². The smallest absolute Gasteiger partial charge is 0.471 e. The van der Waals surface area contributed by atoms with E-state index in [1.165, 1.54) is 12.1 Å². The maximum atomic E-state index is 12.6. The number of hydrogen-bond donors (Lipinski definition) is 1. The van der Waals surface area contributed by atoms with Crippen LogP contribution in [0.15, 0.2) is 48.5 Å². The van der Waals surface area contributed by atoms with Crippen LogP contribution in [0.2, 0.25) is 0 Å². The van der Waals surface area contributed by atoms with E-state index >= 15 is 0 Å². The molecule has 1 N–H and O–H groups in total.